The Morgan fingerprint density at radius 2 is 1.48 bits per heavy atom. The topological polar surface area (TPSA) is 49.4 Å². The van der Waals surface area contributed by atoms with Crippen molar-refractivity contribution in [1.82, 2.24) is 15.6 Å². The highest BCUT2D eigenvalue weighted by Crippen LogP contribution is 2.46. The molecular weight excluding hydrogens is 312 g/mol. The maximum Gasteiger partial charge on any atom is 0.154 e. The van der Waals surface area contributed by atoms with Crippen LogP contribution in [0.15, 0.2) is 42.7 Å². The van der Waals surface area contributed by atoms with Gasteiger partial charge in [0.05, 0.1) is 11.9 Å². The van der Waals surface area contributed by atoms with Crippen molar-refractivity contribution in [3.05, 3.63) is 42.7 Å². The molecule has 1 aliphatic heterocycles. The highest BCUT2D eigenvalue weighted by atomic mass is 16.5. The molecule has 0 saturated heterocycles. The number of anilines is 2. The van der Waals surface area contributed by atoms with Crippen molar-refractivity contribution in [2.75, 3.05) is 4.90 Å². The molecule has 5 heteroatoms. The Kier molecular flexibility index (Phi) is 4.47. The summed E-state index contributed by atoms with van der Waals surface area (Å²) in [5.74, 6) is 1.66. The van der Waals surface area contributed by atoms with Gasteiger partial charge in [0.2, 0.25) is 0 Å². The van der Waals surface area contributed by atoms with Gasteiger partial charge in [-0.05, 0) is 53.7 Å². The molecule has 5 nitrogen and oxygen atoms in total. The van der Waals surface area contributed by atoms with E-state index in [2.05, 4.69) is 68.1 Å². The zero-order valence-electron chi connectivity index (χ0n) is 15.9. The average molecular weight is 340 g/mol. The van der Waals surface area contributed by atoms with E-state index >= 15 is 0 Å². The van der Waals surface area contributed by atoms with Crippen LogP contribution in [0, 0.1) is 0 Å². The number of nitrogens with one attached hydrogen (secondary N) is 2. The smallest absolute Gasteiger partial charge is 0.154 e. The molecule has 0 aliphatic carbocycles. The summed E-state index contributed by atoms with van der Waals surface area (Å²) < 4.78 is 6.08. The van der Waals surface area contributed by atoms with Crippen LogP contribution in [-0.4, -0.2) is 22.4 Å². The van der Waals surface area contributed by atoms with Crippen molar-refractivity contribution in [2.24, 2.45) is 0 Å². The van der Waals surface area contributed by atoms with Gasteiger partial charge in [-0.15, -0.1) is 0 Å². The van der Waals surface area contributed by atoms with E-state index in [0.717, 1.165) is 22.9 Å². The van der Waals surface area contributed by atoms with Crippen LogP contribution in [0.25, 0.3) is 0 Å². The maximum absolute atomic E-state index is 6.08. The van der Waals surface area contributed by atoms with Gasteiger partial charge in [-0.2, -0.15) is 0 Å². The van der Waals surface area contributed by atoms with Crippen LogP contribution in [0.4, 0.5) is 11.4 Å². The van der Waals surface area contributed by atoms with E-state index in [1.54, 1.807) is 6.20 Å². The Morgan fingerprint density at radius 3 is 2.12 bits per heavy atom. The number of nitrogens with zero attached hydrogens (tertiary/aromatic N) is 2. The van der Waals surface area contributed by atoms with Gasteiger partial charge in [-0.25, -0.2) is 0 Å². The molecule has 2 N–H and O–H groups in total. The van der Waals surface area contributed by atoms with Gasteiger partial charge in [0.15, 0.2) is 11.5 Å². The minimum Gasteiger partial charge on any atom is -0.453 e. The van der Waals surface area contributed by atoms with Crippen molar-refractivity contribution >= 4 is 11.4 Å². The van der Waals surface area contributed by atoms with Crippen LogP contribution in [-0.2, 0) is 0 Å². The van der Waals surface area contributed by atoms with Crippen LogP contribution in [0.1, 0.15) is 41.5 Å². The lowest BCUT2D eigenvalue weighted by molar-refractivity contribution is 0.262. The maximum atomic E-state index is 6.08. The van der Waals surface area contributed by atoms with E-state index in [9.17, 15) is 0 Å². The van der Waals surface area contributed by atoms with E-state index in [-0.39, 0.29) is 17.4 Å². The number of benzene rings is 1. The van der Waals surface area contributed by atoms with Crippen molar-refractivity contribution in [1.29, 1.82) is 0 Å². The summed E-state index contributed by atoms with van der Waals surface area (Å²) in [6.45, 7) is 13.0. The fourth-order valence-corrected chi connectivity index (χ4v) is 2.89. The lowest BCUT2D eigenvalue weighted by Crippen LogP contribution is -2.63. The molecule has 0 bridgehead atoms. The summed E-state index contributed by atoms with van der Waals surface area (Å²) in [4.78, 5) is 6.55. The second-order valence-corrected chi connectivity index (χ2v) is 8.47. The summed E-state index contributed by atoms with van der Waals surface area (Å²) >= 11 is 0. The number of aromatic nitrogens is 1. The van der Waals surface area contributed by atoms with Gasteiger partial charge in [0.25, 0.3) is 0 Å². The van der Waals surface area contributed by atoms with Crippen LogP contribution in [0.5, 0.6) is 11.5 Å². The van der Waals surface area contributed by atoms with E-state index in [1.165, 1.54) is 0 Å². The van der Waals surface area contributed by atoms with E-state index in [0.29, 0.717) is 0 Å². The molecule has 134 valence electrons. The molecular formula is C20H28N4O. The minimum absolute atomic E-state index is 0.0709. The Labute approximate surface area is 150 Å². The third-order valence-corrected chi connectivity index (χ3v) is 3.76. The molecule has 0 fully saturated rings. The number of rotatable bonds is 3. The quantitative estimate of drug-likeness (QED) is 0.812. The summed E-state index contributed by atoms with van der Waals surface area (Å²) in [5, 5.41) is 7.39. The SMILES string of the molecule is CC(C)(C)NC(NC(C)(C)C)N1c2ccccc2Oc2ccncc21. The Bertz CT molecular complexity index is 684. The van der Waals surface area contributed by atoms with Gasteiger partial charge in [-0.3, -0.25) is 15.6 Å². The zero-order chi connectivity index (χ0) is 18.2. The summed E-state index contributed by atoms with van der Waals surface area (Å²) in [6, 6.07) is 10.0. The highest BCUT2D eigenvalue weighted by molar-refractivity contribution is 5.77. The fraction of sp³-hybridized carbons (Fsp3) is 0.450. The third-order valence-electron chi connectivity index (χ3n) is 3.76. The predicted molar refractivity (Wildman–Crippen MR) is 102 cm³/mol. The first-order valence-corrected chi connectivity index (χ1v) is 8.70. The molecule has 2 heterocycles. The van der Waals surface area contributed by atoms with Crippen molar-refractivity contribution in [3.8, 4) is 11.5 Å². The molecule has 1 aromatic carbocycles. The molecule has 1 aliphatic rings. The van der Waals surface area contributed by atoms with Gasteiger partial charge in [-0.1, -0.05) is 12.1 Å². The van der Waals surface area contributed by atoms with Gasteiger partial charge < -0.3 is 9.64 Å². The lowest BCUT2D eigenvalue weighted by Gasteiger charge is -2.44. The van der Waals surface area contributed by atoms with E-state index in [1.807, 2.05) is 30.5 Å². The highest BCUT2D eigenvalue weighted by Gasteiger charge is 2.34. The standard InChI is InChI=1S/C20H28N4O/c1-19(2,3)22-18(23-20(4,5)6)24-14-9-7-8-10-16(14)25-17-11-12-21-13-15(17)24/h7-13,18,22-23H,1-6H3. The average Bonchev–Trinajstić information content (AvgIpc) is 2.49. The molecule has 1 aromatic heterocycles. The summed E-state index contributed by atoms with van der Waals surface area (Å²) in [7, 11) is 0. The fourth-order valence-electron chi connectivity index (χ4n) is 2.89. The molecule has 0 amide bonds. The molecule has 0 saturated carbocycles. The second kappa shape index (κ2) is 6.32. The molecule has 0 atom stereocenters. The molecule has 25 heavy (non-hydrogen) atoms. The van der Waals surface area contributed by atoms with Crippen LogP contribution >= 0.6 is 0 Å². The Balaban J connectivity index is 2.11. The van der Waals surface area contributed by atoms with E-state index < -0.39 is 0 Å². The summed E-state index contributed by atoms with van der Waals surface area (Å²) in [5.41, 5.74) is 1.82. The minimum atomic E-state index is -0.118. The number of para-hydroxylation sites is 2. The first-order valence-electron chi connectivity index (χ1n) is 8.70. The second-order valence-electron chi connectivity index (χ2n) is 8.47. The molecule has 0 radical (unpaired) electrons. The van der Waals surface area contributed by atoms with E-state index in [4.69, 9.17) is 4.74 Å². The molecule has 2 aromatic rings. The first kappa shape index (κ1) is 17.7. The van der Waals surface area contributed by atoms with Crippen LogP contribution in [0.3, 0.4) is 0 Å². The number of ether oxygens (including phenoxy) is 1. The predicted octanol–water partition coefficient (Wildman–Crippen LogP) is 4.39. The zero-order valence-corrected chi connectivity index (χ0v) is 15.9. The van der Waals surface area contributed by atoms with Crippen LogP contribution in [0.2, 0.25) is 0 Å². The molecule has 0 spiro atoms. The lowest BCUT2D eigenvalue weighted by atomic mass is 10.1. The summed E-state index contributed by atoms with van der Waals surface area (Å²) in [6.07, 6.45) is 3.49. The number of hydrogen-bond acceptors (Lipinski definition) is 5. The van der Waals surface area contributed by atoms with Crippen molar-refractivity contribution in [3.63, 3.8) is 0 Å². The number of pyridine rings is 1. The van der Waals surface area contributed by atoms with Gasteiger partial charge >= 0.3 is 0 Å². The molecule has 3 rings (SSSR count). The van der Waals surface area contributed by atoms with Gasteiger partial charge in [0, 0.05) is 23.3 Å². The Hall–Kier alpha value is -2.11. The normalized spacial score (nSPS) is 14.1. The number of hydrogen-bond donors (Lipinski definition) is 2. The van der Waals surface area contributed by atoms with Crippen molar-refractivity contribution < 1.29 is 4.74 Å². The van der Waals surface area contributed by atoms with Gasteiger partial charge in [0.1, 0.15) is 12.0 Å². The number of fused-ring (bicyclic) bond motifs is 2. The van der Waals surface area contributed by atoms with Crippen molar-refractivity contribution in [2.45, 2.75) is 58.9 Å². The third kappa shape index (κ3) is 4.11. The monoisotopic (exact) mass is 340 g/mol. The van der Waals surface area contributed by atoms with Crippen LogP contribution < -0.4 is 20.3 Å². The first-order chi connectivity index (χ1) is 11.6. The molecule has 0 unspecified atom stereocenters. The Morgan fingerprint density at radius 1 is 0.880 bits per heavy atom. The largest absolute Gasteiger partial charge is 0.453 e.